The fourth-order valence-corrected chi connectivity index (χ4v) is 7.50. The van der Waals surface area contributed by atoms with Crippen LogP contribution in [0.2, 0.25) is 30.1 Å². The molecule has 49 heavy (non-hydrogen) atoms. The van der Waals surface area contributed by atoms with Gasteiger partial charge < -0.3 is 0 Å². The Morgan fingerprint density at radius 3 is 1.00 bits per heavy atom. The first-order valence-electron chi connectivity index (χ1n) is 11.2. The summed E-state index contributed by atoms with van der Waals surface area (Å²) in [6, 6.07) is 14.2. The number of alkyl halides is 1. The molecule has 12 nitrogen and oxygen atoms in total. The van der Waals surface area contributed by atoms with E-state index < -0.39 is 60.5 Å². The minimum atomic E-state index is -4.27. The second-order valence-corrected chi connectivity index (χ2v) is 16.9. The summed E-state index contributed by atoms with van der Waals surface area (Å²) >= 11 is 43.8. The van der Waals surface area contributed by atoms with Gasteiger partial charge in [0.25, 0.3) is 40.5 Å². The van der Waals surface area contributed by atoms with Gasteiger partial charge in [-0.25, -0.2) is 0 Å². The van der Waals surface area contributed by atoms with Crippen molar-refractivity contribution in [2.75, 3.05) is 0 Å². The molecule has 0 saturated carbocycles. The third kappa shape index (κ3) is 17.4. The van der Waals surface area contributed by atoms with Crippen molar-refractivity contribution in [2.24, 2.45) is 0 Å². The second kappa shape index (κ2) is 20.3. The largest absolute Gasteiger partial charge is 0.296 e. The van der Waals surface area contributed by atoms with Crippen LogP contribution in [0.5, 0.6) is 0 Å². The van der Waals surface area contributed by atoms with Crippen LogP contribution in [0.4, 0.5) is 0 Å². The first-order chi connectivity index (χ1) is 21.6. The van der Waals surface area contributed by atoms with E-state index in [2.05, 4.69) is 18.2 Å². The van der Waals surface area contributed by atoms with Gasteiger partial charge in [-0.05, 0) is 42.5 Å². The van der Waals surface area contributed by atoms with Crippen molar-refractivity contribution >= 4 is 133 Å². The van der Waals surface area contributed by atoms with E-state index >= 15 is 0 Å². The average Bonchev–Trinajstić information content (AvgIpc) is 2.86. The summed E-state index contributed by atoms with van der Waals surface area (Å²) in [7, 11) is -17.0. The number of benzene rings is 3. The molecule has 0 bridgehead atoms. The van der Waals surface area contributed by atoms with Crippen LogP contribution in [0.25, 0.3) is 0 Å². The van der Waals surface area contributed by atoms with Crippen molar-refractivity contribution in [3.05, 3.63) is 113 Å². The summed E-state index contributed by atoms with van der Waals surface area (Å²) in [5.74, 6) is 0. The van der Waals surface area contributed by atoms with Crippen molar-refractivity contribution in [3.8, 4) is 0 Å². The first kappa shape index (κ1) is 48.7. The molecule has 0 spiro atoms. The van der Waals surface area contributed by atoms with Crippen molar-refractivity contribution in [1.82, 2.24) is 0 Å². The molecule has 1 aliphatic rings. The Morgan fingerprint density at radius 2 is 0.796 bits per heavy atom. The minimum absolute atomic E-state index is 0. The van der Waals surface area contributed by atoms with Crippen molar-refractivity contribution < 1.29 is 71.4 Å². The van der Waals surface area contributed by atoms with E-state index in [0.717, 1.165) is 18.2 Å². The molecule has 3 aromatic carbocycles. The predicted octanol–water partition coefficient (Wildman–Crippen LogP) is 7.82. The standard InChI is InChI=1S/C6H5Cl2O3S.3C6H3Cl2O3S.Zn/c4*7-4-1-2-6(5(8)3-4)12(9,10)11;/h1-4H,(H,9,10,11);3*1-2H,(H,9,10,11);. The molecule has 1 unspecified atom stereocenters. The van der Waals surface area contributed by atoms with Gasteiger partial charge in [0.15, 0.2) is 0 Å². The Morgan fingerprint density at radius 1 is 0.510 bits per heavy atom. The number of hydrogen-bond acceptors (Lipinski definition) is 8. The molecule has 1 aliphatic carbocycles. The van der Waals surface area contributed by atoms with Crippen LogP contribution in [0, 0.1) is 24.6 Å². The van der Waals surface area contributed by atoms with E-state index in [4.69, 9.17) is 111 Å². The van der Waals surface area contributed by atoms with E-state index in [1.807, 2.05) is 0 Å². The molecule has 0 aliphatic heterocycles. The topological polar surface area (TPSA) is 217 Å². The van der Waals surface area contributed by atoms with Gasteiger partial charge in [0, 0.05) is 49.1 Å². The van der Waals surface area contributed by atoms with Crippen LogP contribution in [-0.4, -0.2) is 57.3 Å². The third-order valence-corrected chi connectivity index (χ3v) is 10.8. The third-order valence-electron chi connectivity index (χ3n) is 4.56. The van der Waals surface area contributed by atoms with Crippen molar-refractivity contribution in [2.45, 2.75) is 20.1 Å². The maximum absolute atomic E-state index is 10.6. The Bertz CT molecular complexity index is 1970. The summed E-state index contributed by atoms with van der Waals surface area (Å²) in [5, 5.41) is -0.574. The molecule has 0 heterocycles. The monoisotopic (exact) mass is 966 g/mol. The number of rotatable bonds is 4. The van der Waals surface area contributed by atoms with Gasteiger partial charge in [-0.3, -0.25) is 18.2 Å². The average molecular weight is 972 g/mol. The van der Waals surface area contributed by atoms with Gasteiger partial charge in [-0.2, -0.15) is 33.7 Å². The van der Waals surface area contributed by atoms with Crippen molar-refractivity contribution in [1.29, 1.82) is 0 Å². The second-order valence-electron chi connectivity index (χ2n) is 8.04. The summed E-state index contributed by atoms with van der Waals surface area (Å²) < 4.78 is 119. The molecular weight excluding hydrogens is 958 g/mol. The zero-order chi connectivity index (χ0) is 37.4. The molecule has 0 aromatic heterocycles. The van der Waals surface area contributed by atoms with E-state index in [1.165, 1.54) is 36.8 Å². The SMILES string of the molecule is O=S(=O)(O)C1=C(Cl)[CH]C(Cl)C=C1.O=S(=O)(O)c1ccc(Cl)[c]c1Cl.O=S(=O)(O)c1ccc(Cl)[c]c1Cl.O=S(=O)(O)c1ccc(Cl)[c]c1Cl.[Zn]. The van der Waals surface area contributed by atoms with E-state index in [-0.39, 0.29) is 59.6 Å². The van der Waals surface area contributed by atoms with Crippen LogP contribution in [0.15, 0.2) is 73.2 Å². The van der Waals surface area contributed by atoms with Crippen LogP contribution in [0.3, 0.4) is 0 Å². The Labute approximate surface area is 334 Å². The molecule has 1 atom stereocenters. The smallest absolute Gasteiger partial charge is 0.282 e. The molecule has 0 saturated heterocycles. The number of halogens is 8. The van der Waals surface area contributed by atoms with Crippen LogP contribution < -0.4 is 0 Å². The molecule has 0 amide bonds. The molecule has 3 aromatic rings. The molecule has 4 N–H and O–H groups in total. The minimum Gasteiger partial charge on any atom is -0.282 e. The van der Waals surface area contributed by atoms with Crippen LogP contribution >= 0.6 is 92.8 Å². The number of allylic oxidation sites excluding steroid dienone is 3. The normalized spacial score (nSPS) is 14.6. The molecule has 264 valence electrons. The predicted molar refractivity (Wildman–Crippen MR) is 183 cm³/mol. The Balaban J connectivity index is 0.000000623. The quantitative estimate of drug-likeness (QED) is 0.112. The van der Waals surface area contributed by atoms with Gasteiger partial charge in [0.05, 0.1) is 35.5 Å². The summed E-state index contributed by atoms with van der Waals surface area (Å²) in [4.78, 5) is -1.50. The maximum atomic E-state index is 10.6. The van der Waals surface area contributed by atoms with Crippen LogP contribution in [0.1, 0.15) is 0 Å². The van der Waals surface area contributed by atoms with E-state index in [1.54, 1.807) is 0 Å². The molecular formula is C24H14Cl8O12S4Zn. The molecule has 25 heteroatoms. The van der Waals surface area contributed by atoms with Gasteiger partial charge in [-0.1, -0.05) is 87.3 Å². The zero-order valence-electron chi connectivity index (χ0n) is 23.2. The number of hydrogen-bond donors (Lipinski definition) is 4. The molecule has 0 fully saturated rings. The summed E-state index contributed by atoms with van der Waals surface area (Å²) in [5.41, 5.74) is 0. The maximum Gasteiger partial charge on any atom is 0.296 e. The Hall–Kier alpha value is -0.277. The zero-order valence-corrected chi connectivity index (χ0v) is 35.5. The van der Waals surface area contributed by atoms with Crippen molar-refractivity contribution in [3.63, 3.8) is 0 Å². The summed E-state index contributed by atoms with van der Waals surface area (Å²) in [6.45, 7) is 0. The Kier molecular flexibility index (Phi) is 20.1. The van der Waals surface area contributed by atoms with Crippen LogP contribution in [-0.2, 0) is 60.0 Å². The molecule has 4 radical (unpaired) electrons. The van der Waals surface area contributed by atoms with E-state index in [0.29, 0.717) is 0 Å². The van der Waals surface area contributed by atoms with Gasteiger partial charge in [0.1, 0.15) is 19.6 Å². The van der Waals surface area contributed by atoms with Gasteiger partial charge >= 0.3 is 0 Å². The summed E-state index contributed by atoms with van der Waals surface area (Å²) in [6.07, 6.45) is 3.91. The fraction of sp³-hybridized carbons (Fsp3) is 0.0417. The first-order valence-corrected chi connectivity index (χ1v) is 20.1. The van der Waals surface area contributed by atoms with Gasteiger partial charge in [-0.15, -0.1) is 11.6 Å². The van der Waals surface area contributed by atoms with Gasteiger partial charge in [0.2, 0.25) is 0 Å². The van der Waals surface area contributed by atoms with E-state index in [9.17, 15) is 33.7 Å². The molecule has 4 rings (SSSR count). The fourth-order valence-electron chi connectivity index (χ4n) is 2.63.